The Morgan fingerprint density at radius 1 is 1.43 bits per heavy atom. The molecule has 1 saturated carbocycles. The molecule has 0 radical (unpaired) electrons. The maximum absolute atomic E-state index is 12.7. The molecule has 0 bridgehead atoms. The smallest absolute Gasteiger partial charge is 0.249 e. The summed E-state index contributed by atoms with van der Waals surface area (Å²) in [4.78, 5) is 4.20. The van der Waals surface area contributed by atoms with E-state index >= 15 is 0 Å². The molecule has 0 unspecified atom stereocenters. The summed E-state index contributed by atoms with van der Waals surface area (Å²) in [5.41, 5.74) is 0. The summed E-state index contributed by atoms with van der Waals surface area (Å²) < 4.78 is 28.6. The third kappa shape index (κ3) is 1.62. The predicted molar refractivity (Wildman–Crippen MR) is 55.5 cm³/mol. The standard InChI is InChI=1S/C8H8Br2F2N2/c1-14-6(10)5(9)13-7(14)4-2-8(11,12)3-4/h4H,2-3H2,1H3. The van der Waals surface area contributed by atoms with Crippen molar-refractivity contribution in [3.63, 3.8) is 0 Å². The van der Waals surface area contributed by atoms with Crippen LogP contribution in [-0.4, -0.2) is 15.5 Å². The third-order valence-electron chi connectivity index (χ3n) is 2.48. The Balaban J connectivity index is 2.23. The molecule has 1 aliphatic carbocycles. The minimum atomic E-state index is -2.49. The van der Waals surface area contributed by atoms with Crippen LogP contribution < -0.4 is 0 Å². The van der Waals surface area contributed by atoms with E-state index in [2.05, 4.69) is 36.8 Å². The first-order valence-electron chi connectivity index (χ1n) is 4.16. The molecule has 0 amide bonds. The van der Waals surface area contributed by atoms with Crippen molar-refractivity contribution in [2.75, 3.05) is 0 Å². The number of aromatic nitrogens is 2. The van der Waals surface area contributed by atoms with Gasteiger partial charge in [0.05, 0.1) is 0 Å². The van der Waals surface area contributed by atoms with Gasteiger partial charge in [0.2, 0.25) is 5.92 Å². The minimum Gasteiger partial charge on any atom is -0.325 e. The summed E-state index contributed by atoms with van der Waals surface area (Å²) in [7, 11) is 1.81. The van der Waals surface area contributed by atoms with Gasteiger partial charge in [0.15, 0.2) is 0 Å². The average Bonchev–Trinajstić information content (AvgIpc) is 2.28. The Kier molecular flexibility index (Phi) is 2.46. The molecular weight excluding hydrogens is 322 g/mol. The van der Waals surface area contributed by atoms with E-state index in [1.165, 1.54) is 0 Å². The lowest BCUT2D eigenvalue weighted by atomic mass is 9.81. The molecule has 2 rings (SSSR count). The zero-order valence-electron chi connectivity index (χ0n) is 7.40. The molecule has 0 aliphatic heterocycles. The molecule has 2 nitrogen and oxygen atoms in total. The molecule has 1 aromatic heterocycles. The van der Waals surface area contributed by atoms with Crippen LogP contribution in [-0.2, 0) is 7.05 Å². The van der Waals surface area contributed by atoms with Gasteiger partial charge in [-0.25, -0.2) is 13.8 Å². The Bertz CT molecular complexity index is 368. The fraction of sp³-hybridized carbons (Fsp3) is 0.625. The second kappa shape index (κ2) is 3.27. The third-order valence-corrected chi connectivity index (χ3v) is 4.47. The Morgan fingerprint density at radius 2 is 2.00 bits per heavy atom. The highest BCUT2D eigenvalue weighted by molar-refractivity contribution is 9.13. The summed E-state index contributed by atoms with van der Waals surface area (Å²) in [6.07, 6.45) is -0.173. The Labute approximate surface area is 97.0 Å². The van der Waals surface area contributed by atoms with E-state index in [9.17, 15) is 8.78 Å². The van der Waals surface area contributed by atoms with Gasteiger partial charge >= 0.3 is 0 Å². The Hall–Kier alpha value is 0.0300. The van der Waals surface area contributed by atoms with Gasteiger partial charge in [-0.1, -0.05) is 0 Å². The molecule has 0 aromatic carbocycles. The van der Waals surface area contributed by atoms with Gasteiger partial charge in [-0.05, 0) is 31.9 Å². The molecule has 0 N–H and O–H groups in total. The monoisotopic (exact) mass is 328 g/mol. The fourth-order valence-electron chi connectivity index (χ4n) is 1.67. The molecule has 14 heavy (non-hydrogen) atoms. The molecular formula is C8H8Br2F2N2. The number of alkyl halides is 2. The van der Waals surface area contributed by atoms with Crippen molar-refractivity contribution in [3.05, 3.63) is 15.0 Å². The molecule has 6 heteroatoms. The normalized spacial score (nSPS) is 20.9. The van der Waals surface area contributed by atoms with Crippen molar-refractivity contribution in [2.45, 2.75) is 24.7 Å². The van der Waals surface area contributed by atoms with E-state index in [1.807, 2.05) is 7.05 Å². The van der Waals surface area contributed by atoms with E-state index in [0.29, 0.717) is 4.60 Å². The lowest BCUT2D eigenvalue weighted by Crippen LogP contribution is -2.35. The van der Waals surface area contributed by atoms with E-state index in [-0.39, 0.29) is 18.8 Å². The number of hydrogen-bond donors (Lipinski definition) is 0. The number of hydrogen-bond acceptors (Lipinski definition) is 1. The van der Waals surface area contributed by atoms with Crippen LogP contribution in [0.25, 0.3) is 0 Å². The van der Waals surface area contributed by atoms with E-state index in [1.54, 1.807) is 4.57 Å². The van der Waals surface area contributed by atoms with E-state index in [0.717, 1.165) is 10.4 Å². The Morgan fingerprint density at radius 3 is 2.36 bits per heavy atom. The maximum atomic E-state index is 12.7. The minimum absolute atomic E-state index is 0.0866. The van der Waals surface area contributed by atoms with Crippen molar-refractivity contribution < 1.29 is 8.78 Å². The van der Waals surface area contributed by atoms with Gasteiger partial charge in [0.1, 0.15) is 15.0 Å². The molecule has 1 fully saturated rings. The largest absolute Gasteiger partial charge is 0.325 e. The fourth-order valence-corrected chi connectivity index (χ4v) is 2.39. The highest BCUT2D eigenvalue weighted by atomic mass is 79.9. The summed E-state index contributed by atoms with van der Waals surface area (Å²) in [6, 6.07) is 0. The predicted octanol–water partition coefficient (Wildman–Crippen LogP) is 3.46. The van der Waals surface area contributed by atoms with Crippen LogP contribution in [0.4, 0.5) is 8.78 Å². The van der Waals surface area contributed by atoms with Crippen molar-refractivity contribution >= 4 is 31.9 Å². The first-order valence-corrected chi connectivity index (χ1v) is 5.75. The molecule has 1 aromatic rings. The number of nitrogens with zero attached hydrogens (tertiary/aromatic N) is 2. The number of rotatable bonds is 1. The first-order chi connectivity index (χ1) is 6.41. The highest BCUT2D eigenvalue weighted by Crippen LogP contribution is 2.48. The molecule has 1 heterocycles. The van der Waals surface area contributed by atoms with Gasteiger partial charge in [-0.2, -0.15) is 0 Å². The summed E-state index contributed by atoms with van der Waals surface area (Å²) >= 11 is 6.57. The van der Waals surface area contributed by atoms with Crippen LogP contribution in [0.5, 0.6) is 0 Å². The zero-order valence-corrected chi connectivity index (χ0v) is 10.6. The van der Waals surface area contributed by atoms with Gasteiger partial charge in [-0.15, -0.1) is 0 Å². The first kappa shape index (κ1) is 10.5. The van der Waals surface area contributed by atoms with Gasteiger partial charge < -0.3 is 4.57 Å². The van der Waals surface area contributed by atoms with Crippen molar-refractivity contribution in [1.29, 1.82) is 0 Å². The number of imidazole rings is 1. The second-order valence-corrected chi connectivity index (χ2v) is 5.07. The van der Waals surface area contributed by atoms with Crippen molar-refractivity contribution in [2.24, 2.45) is 7.05 Å². The molecule has 1 aliphatic rings. The SMILES string of the molecule is Cn1c(C2CC(F)(F)C2)nc(Br)c1Br. The van der Waals surface area contributed by atoms with Gasteiger partial charge in [0, 0.05) is 25.8 Å². The quantitative estimate of drug-likeness (QED) is 0.771. The summed E-state index contributed by atoms with van der Waals surface area (Å²) in [6.45, 7) is 0. The summed E-state index contributed by atoms with van der Waals surface area (Å²) in [5.74, 6) is -1.89. The van der Waals surface area contributed by atoms with Crippen molar-refractivity contribution in [3.8, 4) is 0 Å². The van der Waals surface area contributed by atoms with Crippen LogP contribution in [0.15, 0.2) is 9.21 Å². The summed E-state index contributed by atoms with van der Waals surface area (Å²) in [5, 5.41) is 0. The van der Waals surface area contributed by atoms with Crippen LogP contribution in [0.2, 0.25) is 0 Å². The lowest BCUT2D eigenvalue weighted by Gasteiger charge is -2.34. The zero-order chi connectivity index (χ0) is 10.5. The number of halogens is 4. The maximum Gasteiger partial charge on any atom is 0.249 e. The average molecular weight is 330 g/mol. The lowest BCUT2D eigenvalue weighted by molar-refractivity contribution is -0.0890. The van der Waals surface area contributed by atoms with Crippen LogP contribution in [0.1, 0.15) is 24.6 Å². The highest BCUT2D eigenvalue weighted by Gasteiger charge is 2.47. The van der Waals surface area contributed by atoms with Crippen molar-refractivity contribution in [1.82, 2.24) is 9.55 Å². The van der Waals surface area contributed by atoms with Crippen LogP contribution in [0.3, 0.4) is 0 Å². The van der Waals surface area contributed by atoms with Gasteiger partial charge in [0.25, 0.3) is 0 Å². The van der Waals surface area contributed by atoms with Gasteiger partial charge in [-0.3, -0.25) is 0 Å². The van der Waals surface area contributed by atoms with E-state index < -0.39 is 5.92 Å². The van der Waals surface area contributed by atoms with Crippen LogP contribution in [0, 0.1) is 0 Å². The molecule has 78 valence electrons. The molecule has 0 atom stereocenters. The second-order valence-electron chi connectivity index (χ2n) is 3.57. The topological polar surface area (TPSA) is 17.8 Å². The molecule has 0 spiro atoms. The molecule has 0 saturated heterocycles. The van der Waals surface area contributed by atoms with E-state index in [4.69, 9.17) is 0 Å². The van der Waals surface area contributed by atoms with Crippen LogP contribution >= 0.6 is 31.9 Å².